The van der Waals surface area contributed by atoms with Crippen LogP contribution >= 0.6 is 11.6 Å². The second kappa shape index (κ2) is 9.44. The lowest BCUT2D eigenvalue weighted by Gasteiger charge is -2.32. The molecule has 0 aliphatic carbocycles. The fourth-order valence-electron chi connectivity index (χ4n) is 1.89. The standard InChI is InChI=1S/C12H26ClNO/c1-5-12(6-2)14(7-8-15-4)10-11(3)9-13/h11-12H,5-10H2,1-4H3. The zero-order chi connectivity index (χ0) is 11.7. The molecule has 0 saturated heterocycles. The van der Waals surface area contributed by atoms with Crippen molar-refractivity contribution < 1.29 is 4.74 Å². The predicted molar refractivity (Wildman–Crippen MR) is 67.7 cm³/mol. The molecule has 0 saturated carbocycles. The van der Waals surface area contributed by atoms with Gasteiger partial charge in [-0.1, -0.05) is 20.8 Å². The molecule has 0 aliphatic rings. The fraction of sp³-hybridized carbons (Fsp3) is 1.00. The van der Waals surface area contributed by atoms with Gasteiger partial charge in [-0.2, -0.15) is 0 Å². The van der Waals surface area contributed by atoms with Crippen LogP contribution < -0.4 is 0 Å². The highest BCUT2D eigenvalue weighted by Crippen LogP contribution is 2.12. The summed E-state index contributed by atoms with van der Waals surface area (Å²) in [6.45, 7) is 9.61. The van der Waals surface area contributed by atoms with Crippen molar-refractivity contribution in [1.82, 2.24) is 4.90 Å². The average molecular weight is 236 g/mol. The molecule has 3 heteroatoms. The van der Waals surface area contributed by atoms with E-state index < -0.39 is 0 Å². The van der Waals surface area contributed by atoms with Crippen molar-refractivity contribution in [2.45, 2.75) is 39.7 Å². The monoisotopic (exact) mass is 235 g/mol. The van der Waals surface area contributed by atoms with E-state index >= 15 is 0 Å². The fourth-order valence-corrected chi connectivity index (χ4v) is 1.98. The van der Waals surface area contributed by atoms with Crippen molar-refractivity contribution >= 4 is 11.6 Å². The van der Waals surface area contributed by atoms with Crippen molar-refractivity contribution in [2.75, 3.05) is 32.7 Å². The van der Waals surface area contributed by atoms with Crippen molar-refractivity contribution in [1.29, 1.82) is 0 Å². The first kappa shape index (κ1) is 15.2. The van der Waals surface area contributed by atoms with Gasteiger partial charge in [0.25, 0.3) is 0 Å². The summed E-state index contributed by atoms with van der Waals surface area (Å²) in [5.41, 5.74) is 0. The Bertz CT molecular complexity index is 140. The van der Waals surface area contributed by atoms with E-state index in [0.717, 1.165) is 25.6 Å². The first-order valence-corrected chi connectivity index (χ1v) is 6.51. The number of ether oxygens (including phenoxy) is 1. The molecule has 0 aromatic rings. The number of methoxy groups -OCH3 is 1. The third-order valence-corrected chi connectivity index (χ3v) is 3.38. The van der Waals surface area contributed by atoms with Crippen LogP contribution in [-0.2, 0) is 4.74 Å². The Morgan fingerprint density at radius 3 is 2.27 bits per heavy atom. The molecular formula is C12H26ClNO. The van der Waals surface area contributed by atoms with Crippen LogP contribution in [0.4, 0.5) is 0 Å². The minimum Gasteiger partial charge on any atom is -0.383 e. The van der Waals surface area contributed by atoms with Gasteiger partial charge in [-0.15, -0.1) is 11.6 Å². The van der Waals surface area contributed by atoms with Gasteiger partial charge >= 0.3 is 0 Å². The lowest BCUT2D eigenvalue weighted by atomic mass is 10.1. The summed E-state index contributed by atoms with van der Waals surface area (Å²) in [7, 11) is 1.76. The Morgan fingerprint density at radius 2 is 1.87 bits per heavy atom. The lowest BCUT2D eigenvalue weighted by Crippen LogP contribution is -2.40. The summed E-state index contributed by atoms with van der Waals surface area (Å²) in [6.07, 6.45) is 2.41. The normalized spacial score (nSPS) is 13.8. The second-order valence-corrected chi connectivity index (χ2v) is 4.53. The molecule has 0 aliphatic heterocycles. The Hall–Kier alpha value is 0.210. The van der Waals surface area contributed by atoms with E-state index in [9.17, 15) is 0 Å². The Balaban J connectivity index is 4.14. The molecule has 0 spiro atoms. The summed E-state index contributed by atoms with van der Waals surface area (Å²) < 4.78 is 5.15. The smallest absolute Gasteiger partial charge is 0.0589 e. The van der Waals surface area contributed by atoms with Gasteiger partial charge < -0.3 is 4.74 Å². The first-order chi connectivity index (χ1) is 7.19. The van der Waals surface area contributed by atoms with Crippen LogP contribution in [0.25, 0.3) is 0 Å². The lowest BCUT2D eigenvalue weighted by molar-refractivity contribution is 0.106. The molecule has 0 radical (unpaired) electrons. The maximum absolute atomic E-state index is 5.86. The van der Waals surface area contributed by atoms with Crippen LogP contribution in [0.1, 0.15) is 33.6 Å². The summed E-state index contributed by atoms with van der Waals surface area (Å²) in [5, 5.41) is 0. The molecule has 92 valence electrons. The van der Waals surface area contributed by atoms with Crippen LogP contribution in [0.3, 0.4) is 0 Å². The van der Waals surface area contributed by atoms with E-state index in [-0.39, 0.29) is 0 Å². The van der Waals surface area contributed by atoms with E-state index in [0.29, 0.717) is 12.0 Å². The van der Waals surface area contributed by atoms with Crippen molar-refractivity contribution in [3.05, 3.63) is 0 Å². The third kappa shape index (κ3) is 6.39. The molecule has 0 rings (SSSR count). The minimum atomic E-state index is 0.559. The van der Waals surface area contributed by atoms with E-state index in [1.165, 1.54) is 12.8 Å². The molecular weight excluding hydrogens is 210 g/mol. The first-order valence-electron chi connectivity index (χ1n) is 5.98. The van der Waals surface area contributed by atoms with Crippen molar-refractivity contribution in [2.24, 2.45) is 5.92 Å². The number of rotatable bonds is 9. The van der Waals surface area contributed by atoms with Gasteiger partial charge in [0.05, 0.1) is 6.61 Å². The van der Waals surface area contributed by atoms with Gasteiger partial charge in [0, 0.05) is 32.1 Å². The number of hydrogen-bond donors (Lipinski definition) is 0. The number of hydrogen-bond acceptors (Lipinski definition) is 2. The van der Waals surface area contributed by atoms with Crippen LogP contribution in [0.5, 0.6) is 0 Å². The SMILES string of the molecule is CCC(CC)N(CCOC)CC(C)CCl. The highest BCUT2D eigenvalue weighted by Gasteiger charge is 2.16. The van der Waals surface area contributed by atoms with Crippen LogP contribution in [-0.4, -0.2) is 43.6 Å². The van der Waals surface area contributed by atoms with Crippen LogP contribution in [0.15, 0.2) is 0 Å². The van der Waals surface area contributed by atoms with Gasteiger partial charge in [-0.05, 0) is 18.8 Å². The molecule has 0 aromatic carbocycles. The van der Waals surface area contributed by atoms with Crippen LogP contribution in [0.2, 0.25) is 0 Å². The van der Waals surface area contributed by atoms with E-state index in [4.69, 9.17) is 16.3 Å². The molecule has 2 nitrogen and oxygen atoms in total. The predicted octanol–water partition coefficient (Wildman–Crippen LogP) is 3.00. The Labute approximate surface area is 99.9 Å². The Kier molecular flexibility index (Phi) is 9.57. The van der Waals surface area contributed by atoms with Crippen molar-refractivity contribution in [3.63, 3.8) is 0 Å². The van der Waals surface area contributed by atoms with Gasteiger partial charge in [0.2, 0.25) is 0 Å². The number of halogens is 1. The molecule has 0 fully saturated rings. The van der Waals surface area contributed by atoms with E-state index in [1.807, 2.05) is 0 Å². The summed E-state index contributed by atoms with van der Waals surface area (Å²) >= 11 is 5.86. The Morgan fingerprint density at radius 1 is 1.27 bits per heavy atom. The largest absolute Gasteiger partial charge is 0.383 e. The summed E-state index contributed by atoms with van der Waals surface area (Å²) in [6, 6.07) is 0.672. The van der Waals surface area contributed by atoms with Gasteiger partial charge in [-0.25, -0.2) is 0 Å². The molecule has 0 N–H and O–H groups in total. The number of nitrogens with zero attached hydrogens (tertiary/aromatic N) is 1. The van der Waals surface area contributed by atoms with E-state index in [2.05, 4.69) is 25.7 Å². The zero-order valence-electron chi connectivity index (χ0n) is 10.6. The molecule has 0 aromatic heterocycles. The van der Waals surface area contributed by atoms with Crippen LogP contribution in [0, 0.1) is 5.92 Å². The molecule has 1 atom stereocenters. The third-order valence-electron chi connectivity index (χ3n) is 2.85. The quantitative estimate of drug-likeness (QED) is 0.570. The van der Waals surface area contributed by atoms with Crippen molar-refractivity contribution in [3.8, 4) is 0 Å². The minimum absolute atomic E-state index is 0.559. The van der Waals surface area contributed by atoms with Gasteiger partial charge in [-0.3, -0.25) is 4.90 Å². The topological polar surface area (TPSA) is 12.5 Å². The molecule has 1 unspecified atom stereocenters. The summed E-state index contributed by atoms with van der Waals surface area (Å²) in [4.78, 5) is 2.51. The van der Waals surface area contributed by atoms with E-state index in [1.54, 1.807) is 7.11 Å². The maximum Gasteiger partial charge on any atom is 0.0589 e. The highest BCUT2D eigenvalue weighted by molar-refractivity contribution is 6.18. The molecule has 0 bridgehead atoms. The number of alkyl halides is 1. The highest BCUT2D eigenvalue weighted by atomic mass is 35.5. The molecule has 15 heavy (non-hydrogen) atoms. The van der Waals surface area contributed by atoms with Gasteiger partial charge in [0.1, 0.15) is 0 Å². The summed E-state index contributed by atoms with van der Waals surface area (Å²) in [5.74, 6) is 1.30. The maximum atomic E-state index is 5.86. The second-order valence-electron chi connectivity index (χ2n) is 4.22. The molecule has 0 heterocycles. The average Bonchev–Trinajstić information content (AvgIpc) is 2.26. The zero-order valence-corrected chi connectivity index (χ0v) is 11.4. The van der Waals surface area contributed by atoms with Gasteiger partial charge in [0.15, 0.2) is 0 Å². The molecule has 0 amide bonds.